The maximum Gasteiger partial charge on any atom is 0.254 e. The lowest BCUT2D eigenvalue weighted by molar-refractivity contribution is -0.117. The summed E-state index contributed by atoms with van der Waals surface area (Å²) in [6, 6.07) is 15.5. The van der Waals surface area contributed by atoms with Gasteiger partial charge >= 0.3 is 0 Å². The Balaban J connectivity index is 2.25. The van der Waals surface area contributed by atoms with Crippen LogP contribution in [0.3, 0.4) is 0 Å². The Bertz CT molecular complexity index is 767. The SMILES string of the molecule is N#CSC1(c2ccccc2)C(=O)Nc2ccccc2C1=O. The summed E-state index contributed by atoms with van der Waals surface area (Å²) >= 11 is 0.677. The van der Waals surface area contributed by atoms with Gasteiger partial charge in [0.15, 0.2) is 10.5 Å². The number of fused-ring (bicyclic) bond motifs is 1. The molecule has 2 aromatic rings. The molecule has 3 rings (SSSR count). The Hall–Kier alpha value is -2.58. The van der Waals surface area contributed by atoms with Crippen LogP contribution >= 0.6 is 11.8 Å². The molecule has 0 aliphatic carbocycles. The number of thiocyanates is 1. The van der Waals surface area contributed by atoms with Crippen molar-refractivity contribution in [1.29, 1.82) is 5.26 Å². The van der Waals surface area contributed by atoms with E-state index in [-0.39, 0.29) is 5.78 Å². The second-order valence-electron chi connectivity index (χ2n) is 4.57. The zero-order chi connectivity index (χ0) is 14.9. The third-order valence-corrected chi connectivity index (χ3v) is 4.44. The van der Waals surface area contributed by atoms with Crippen molar-refractivity contribution >= 4 is 29.1 Å². The quantitative estimate of drug-likeness (QED) is 0.683. The van der Waals surface area contributed by atoms with Crippen LogP contribution in [0.5, 0.6) is 0 Å². The Labute approximate surface area is 125 Å². The van der Waals surface area contributed by atoms with Gasteiger partial charge in [-0.1, -0.05) is 42.5 Å². The molecule has 1 atom stereocenters. The number of carbonyl (C=O) groups is 2. The standard InChI is InChI=1S/C16H10N2O2S/c17-10-21-16(11-6-2-1-3-7-11)14(19)12-8-4-5-9-13(12)18-15(16)20/h1-9H,(H,18,20). The summed E-state index contributed by atoms with van der Waals surface area (Å²) in [5.74, 6) is -0.844. The zero-order valence-electron chi connectivity index (χ0n) is 10.9. The third kappa shape index (κ3) is 1.92. The molecule has 0 saturated carbocycles. The van der Waals surface area contributed by atoms with Crippen LogP contribution in [0, 0.1) is 10.7 Å². The molecule has 21 heavy (non-hydrogen) atoms. The van der Waals surface area contributed by atoms with E-state index in [4.69, 9.17) is 5.26 Å². The summed E-state index contributed by atoms with van der Waals surface area (Å²) in [7, 11) is 0. The number of para-hydroxylation sites is 1. The van der Waals surface area contributed by atoms with E-state index in [1.807, 2.05) is 5.40 Å². The van der Waals surface area contributed by atoms with E-state index in [9.17, 15) is 9.59 Å². The van der Waals surface area contributed by atoms with E-state index in [2.05, 4.69) is 5.32 Å². The molecule has 102 valence electrons. The van der Waals surface area contributed by atoms with E-state index in [0.717, 1.165) is 0 Å². The highest BCUT2D eigenvalue weighted by Gasteiger charge is 2.52. The van der Waals surface area contributed by atoms with Gasteiger partial charge in [0.05, 0.1) is 5.69 Å². The van der Waals surface area contributed by atoms with Crippen molar-refractivity contribution in [1.82, 2.24) is 0 Å². The molecule has 0 saturated heterocycles. The van der Waals surface area contributed by atoms with Crippen LogP contribution < -0.4 is 5.32 Å². The molecular weight excluding hydrogens is 284 g/mol. The zero-order valence-corrected chi connectivity index (χ0v) is 11.7. The minimum Gasteiger partial charge on any atom is -0.323 e. The Morgan fingerprint density at radius 1 is 1.00 bits per heavy atom. The predicted octanol–water partition coefficient (Wildman–Crippen LogP) is 2.93. The van der Waals surface area contributed by atoms with Gasteiger partial charge in [-0.05, 0) is 29.5 Å². The van der Waals surface area contributed by atoms with Gasteiger partial charge in [0.2, 0.25) is 0 Å². The first-order chi connectivity index (χ1) is 10.2. The molecule has 4 nitrogen and oxygen atoms in total. The molecule has 1 unspecified atom stereocenters. The van der Waals surface area contributed by atoms with Crippen molar-refractivity contribution in [2.45, 2.75) is 4.75 Å². The highest BCUT2D eigenvalue weighted by atomic mass is 32.2. The minimum absolute atomic E-state index is 0.361. The van der Waals surface area contributed by atoms with E-state index < -0.39 is 10.7 Å². The molecule has 0 bridgehead atoms. The Morgan fingerprint density at radius 2 is 1.67 bits per heavy atom. The molecule has 1 aliphatic rings. The number of ketones is 1. The van der Waals surface area contributed by atoms with Crippen molar-refractivity contribution in [3.63, 3.8) is 0 Å². The lowest BCUT2D eigenvalue weighted by Gasteiger charge is -2.33. The first-order valence-corrected chi connectivity index (χ1v) is 7.09. The largest absolute Gasteiger partial charge is 0.323 e. The van der Waals surface area contributed by atoms with Gasteiger partial charge in [-0.3, -0.25) is 9.59 Å². The third-order valence-electron chi connectivity index (χ3n) is 3.44. The van der Waals surface area contributed by atoms with Gasteiger partial charge in [-0.15, -0.1) is 0 Å². The van der Waals surface area contributed by atoms with Crippen LogP contribution in [0.4, 0.5) is 5.69 Å². The van der Waals surface area contributed by atoms with E-state index in [1.165, 1.54) is 0 Å². The molecule has 0 radical (unpaired) electrons. The van der Waals surface area contributed by atoms with Gasteiger partial charge in [0, 0.05) is 5.56 Å². The summed E-state index contributed by atoms with van der Waals surface area (Å²) in [5.41, 5.74) is 1.41. The second kappa shape index (κ2) is 5.08. The van der Waals surface area contributed by atoms with Crippen LogP contribution in [0.2, 0.25) is 0 Å². The van der Waals surface area contributed by atoms with Crippen LogP contribution in [-0.2, 0) is 9.54 Å². The highest BCUT2D eigenvalue weighted by molar-refractivity contribution is 8.06. The van der Waals surface area contributed by atoms with Crippen molar-refractivity contribution in [2.75, 3.05) is 5.32 Å². The van der Waals surface area contributed by atoms with Gasteiger partial charge in [-0.2, -0.15) is 5.26 Å². The molecule has 1 amide bonds. The number of hydrogen-bond acceptors (Lipinski definition) is 4. The number of thioether (sulfide) groups is 1. The van der Waals surface area contributed by atoms with Gasteiger partial charge in [-0.25, -0.2) is 0 Å². The highest BCUT2D eigenvalue weighted by Crippen LogP contribution is 2.44. The maximum absolute atomic E-state index is 12.9. The Kier molecular flexibility index (Phi) is 3.24. The second-order valence-corrected chi connectivity index (χ2v) is 5.57. The molecular formula is C16H10N2O2S. The van der Waals surface area contributed by atoms with Gasteiger partial charge < -0.3 is 5.32 Å². The first-order valence-electron chi connectivity index (χ1n) is 6.28. The molecule has 0 aromatic heterocycles. The number of anilines is 1. The van der Waals surface area contributed by atoms with Crippen molar-refractivity contribution in [3.05, 3.63) is 65.7 Å². The fourth-order valence-corrected chi connectivity index (χ4v) is 3.19. The van der Waals surface area contributed by atoms with Crippen LogP contribution in [-0.4, -0.2) is 11.7 Å². The lowest BCUT2D eigenvalue weighted by atomic mass is 9.85. The number of hydrogen-bond donors (Lipinski definition) is 1. The van der Waals surface area contributed by atoms with E-state index >= 15 is 0 Å². The normalized spacial score (nSPS) is 20.3. The fraction of sp³-hybridized carbons (Fsp3) is 0.0625. The van der Waals surface area contributed by atoms with Gasteiger partial charge in [0.1, 0.15) is 5.40 Å². The predicted molar refractivity (Wildman–Crippen MR) is 80.7 cm³/mol. The van der Waals surface area contributed by atoms with Crippen LogP contribution in [0.25, 0.3) is 0 Å². The average molecular weight is 294 g/mol. The summed E-state index contributed by atoms with van der Waals surface area (Å²) < 4.78 is -1.55. The molecule has 1 N–H and O–H groups in total. The summed E-state index contributed by atoms with van der Waals surface area (Å²) in [6.45, 7) is 0. The lowest BCUT2D eigenvalue weighted by Crippen LogP contribution is -2.48. The van der Waals surface area contributed by atoms with Gasteiger partial charge in [0.25, 0.3) is 5.91 Å². The smallest absolute Gasteiger partial charge is 0.254 e. The van der Waals surface area contributed by atoms with Crippen molar-refractivity contribution in [3.8, 4) is 5.40 Å². The maximum atomic E-state index is 12.9. The Morgan fingerprint density at radius 3 is 2.38 bits per heavy atom. The van der Waals surface area contributed by atoms with E-state index in [0.29, 0.717) is 28.6 Å². The summed E-state index contributed by atoms with van der Waals surface area (Å²) in [4.78, 5) is 25.5. The number of nitrogens with one attached hydrogen (secondary N) is 1. The molecule has 1 heterocycles. The molecule has 1 aliphatic heterocycles. The van der Waals surface area contributed by atoms with Crippen molar-refractivity contribution in [2.24, 2.45) is 0 Å². The van der Waals surface area contributed by atoms with Crippen LogP contribution in [0.1, 0.15) is 15.9 Å². The monoisotopic (exact) mass is 294 g/mol. The number of Topliss-reactive ketones (excluding diaryl/α,β-unsaturated/α-hetero) is 1. The topological polar surface area (TPSA) is 70.0 Å². The summed E-state index contributed by atoms with van der Waals surface area (Å²) in [6.07, 6.45) is 0. The average Bonchev–Trinajstić information content (AvgIpc) is 2.52. The number of carbonyl (C=O) groups excluding carboxylic acids is 2. The van der Waals surface area contributed by atoms with E-state index in [1.54, 1.807) is 54.6 Å². The minimum atomic E-state index is -1.55. The number of nitriles is 1. The molecule has 0 fully saturated rings. The number of nitrogens with zero attached hydrogens (tertiary/aromatic N) is 1. The van der Waals surface area contributed by atoms with Crippen LogP contribution in [0.15, 0.2) is 54.6 Å². The molecule has 2 aromatic carbocycles. The number of benzene rings is 2. The molecule has 5 heteroatoms. The number of rotatable bonds is 2. The fourth-order valence-electron chi connectivity index (χ4n) is 2.45. The molecule has 0 spiro atoms. The summed E-state index contributed by atoms with van der Waals surface area (Å²) in [5, 5.41) is 13.7. The number of amides is 1. The van der Waals surface area contributed by atoms with Crippen molar-refractivity contribution < 1.29 is 9.59 Å². The first kappa shape index (κ1) is 13.4.